The molecule has 2 aliphatic rings. The van der Waals surface area contributed by atoms with Gasteiger partial charge in [0.1, 0.15) is 5.84 Å². The Bertz CT molecular complexity index is 257. The minimum absolute atomic E-state index is 0.358. The fraction of sp³-hybridized carbons (Fsp3) is 0.923. The van der Waals surface area contributed by atoms with E-state index >= 15 is 0 Å². The lowest BCUT2D eigenvalue weighted by atomic mass is 10.0. The molecule has 4 nitrogen and oxygen atoms in total. The van der Waals surface area contributed by atoms with Gasteiger partial charge in [0.25, 0.3) is 0 Å². The van der Waals surface area contributed by atoms with Gasteiger partial charge in [-0.25, -0.2) is 0 Å². The largest absolute Gasteiger partial charge is 0.409 e. The highest BCUT2D eigenvalue weighted by molar-refractivity contribution is 5.79. The van der Waals surface area contributed by atoms with Gasteiger partial charge in [0.2, 0.25) is 0 Å². The second kappa shape index (κ2) is 6.24. The SMILES string of the molecule is NC(CCN(CCC1CCCC1)C1CC1)=NO. The van der Waals surface area contributed by atoms with Crippen LogP contribution in [0.2, 0.25) is 0 Å². The van der Waals surface area contributed by atoms with E-state index in [1.54, 1.807) is 0 Å². The van der Waals surface area contributed by atoms with Crippen LogP contribution in [0.4, 0.5) is 0 Å². The quantitative estimate of drug-likeness (QED) is 0.310. The van der Waals surface area contributed by atoms with Crippen LogP contribution in [0.3, 0.4) is 0 Å². The molecule has 3 N–H and O–H groups in total. The van der Waals surface area contributed by atoms with E-state index in [0.29, 0.717) is 12.3 Å². The minimum atomic E-state index is 0.358. The zero-order chi connectivity index (χ0) is 12.1. The monoisotopic (exact) mass is 239 g/mol. The summed E-state index contributed by atoms with van der Waals surface area (Å²) in [6.07, 6.45) is 10.4. The van der Waals surface area contributed by atoms with Crippen molar-refractivity contribution < 1.29 is 5.21 Å². The second-order valence-electron chi connectivity index (χ2n) is 5.55. The molecule has 2 rings (SSSR count). The second-order valence-corrected chi connectivity index (χ2v) is 5.55. The summed E-state index contributed by atoms with van der Waals surface area (Å²) in [6.45, 7) is 2.15. The lowest BCUT2D eigenvalue weighted by Gasteiger charge is -2.23. The summed E-state index contributed by atoms with van der Waals surface area (Å²) in [5, 5.41) is 11.6. The number of oxime groups is 1. The molecule has 0 unspecified atom stereocenters. The Kier molecular flexibility index (Phi) is 4.66. The van der Waals surface area contributed by atoms with Crippen molar-refractivity contribution in [2.24, 2.45) is 16.8 Å². The van der Waals surface area contributed by atoms with Crippen molar-refractivity contribution in [3.05, 3.63) is 0 Å². The van der Waals surface area contributed by atoms with Crippen LogP contribution in [0.15, 0.2) is 5.16 Å². The lowest BCUT2D eigenvalue weighted by Crippen LogP contribution is -2.32. The predicted octanol–water partition coefficient (Wildman–Crippen LogP) is 2.17. The number of nitrogens with two attached hydrogens (primary N) is 1. The molecule has 17 heavy (non-hydrogen) atoms. The maximum atomic E-state index is 8.55. The van der Waals surface area contributed by atoms with E-state index in [9.17, 15) is 0 Å². The average molecular weight is 239 g/mol. The molecule has 0 aromatic rings. The summed E-state index contributed by atoms with van der Waals surface area (Å²) >= 11 is 0. The summed E-state index contributed by atoms with van der Waals surface area (Å²) in [4.78, 5) is 2.54. The van der Waals surface area contributed by atoms with E-state index in [4.69, 9.17) is 10.9 Å². The fourth-order valence-corrected chi connectivity index (χ4v) is 2.87. The van der Waals surface area contributed by atoms with Crippen LogP contribution in [0, 0.1) is 5.92 Å². The maximum Gasteiger partial charge on any atom is 0.140 e. The number of rotatable bonds is 7. The van der Waals surface area contributed by atoms with E-state index in [0.717, 1.165) is 18.5 Å². The lowest BCUT2D eigenvalue weighted by molar-refractivity contribution is 0.246. The molecule has 0 amide bonds. The van der Waals surface area contributed by atoms with E-state index in [1.165, 1.54) is 51.5 Å². The topological polar surface area (TPSA) is 61.8 Å². The van der Waals surface area contributed by atoms with Crippen molar-refractivity contribution in [1.82, 2.24) is 4.90 Å². The molecule has 2 fully saturated rings. The Labute approximate surface area is 104 Å². The van der Waals surface area contributed by atoms with Gasteiger partial charge in [0.15, 0.2) is 0 Å². The summed E-state index contributed by atoms with van der Waals surface area (Å²) in [7, 11) is 0. The third-order valence-corrected chi connectivity index (χ3v) is 4.15. The highest BCUT2D eigenvalue weighted by atomic mass is 16.4. The summed E-state index contributed by atoms with van der Waals surface area (Å²) in [5.41, 5.74) is 5.53. The first kappa shape index (κ1) is 12.7. The first-order valence-electron chi connectivity index (χ1n) is 7.00. The Morgan fingerprint density at radius 1 is 1.18 bits per heavy atom. The van der Waals surface area contributed by atoms with Crippen LogP contribution in [0.1, 0.15) is 51.4 Å². The maximum absolute atomic E-state index is 8.55. The van der Waals surface area contributed by atoms with Crippen LogP contribution in [0.5, 0.6) is 0 Å². The van der Waals surface area contributed by atoms with Gasteiger partial charge in [-0.15, -0.1) is 0 Å². The molecule has 4 heteroatoms. The van der Waals surface area contributed by atoms with Crippen LogP contribution >= 0.6 is 0 Å². The minimum Gasteiger partial charge on any atom is -0.409 e. The Hall–Kier alpha value is -0.770. The molecule has 0 heterocycles. The molecule has 0 bridgehead atoms. The van der Waals surface area contributed by atoms with E-state index < -0.39 is 0 Å². The van der Waals surface area contributed by atoms with Gasteiger partial charge < -0.3 is 10.9 Å². The van der Waals surface area contributed by atoms with Crippen LogP contribution in [-0.2, 0) is 0 Å². The molecular formula is C13H25N3O. The first-order valence-corrected chi connectivity index (χ1v) is 7.00. The Morgan fingerprint density at radius 3 is 2.47 bits per heavy atom. The summed E-state index contributed by atoms with van der Waals surface area (Å²) < 4.78 is 0. The fourth-order valence-electron chi connectivity index (χ4n) is 2.87. The summed E-state index contributed by atoms with van der Waals surface area (Å²) in [5.74, 6) is 1.32. The number of hydrogen-bond donors (Lipinski definition) is 2. The van der Waals surface area contributed by atoms with Gasteiger partial charge in [0.05, 0.1) is 0 Å². The zero-order valence-corrected chi connectivity index (χ0v) is 10.6. The molecule has 98 valence electrons. The van der Waals surface area contributed by atoms with Crippen LogP contribution in [-0.4, -0.2) is 35.1 Å². The van der Waals surface area contributed by atoms with E-state index in [2.05, 4.69) is 10.1 Å². The molecule has 0 aliphatic heterocycles. The Morgan fingerprint density at radius 2 is 1.88 bits per heavy atom. The average Bonchev–Trinajstić information content (AvgIpc) is 3.05. The molecule has 0 spiro atoms. The molecule has 2 saturated carbocycles. The molecule has 0 radical (unpaired) electrons. The third kappa shape index (κ3) is 4.19. The van der Waals surface area contributed by atoms with E-state index in [-0.39, 0.29) is 0 Å². The van der Waals surface area contributed by atoms with E-state index in [1.807, 2.05) is 0 Å². The molecule has 0 atom stereocenters. The molecule has 0 aromatic carbocycles. The highest BCUT2D eigenvalue weighted by Gasteiger charge is 2.29. The Balaban J connectivity index is 1.68. The van der Waals surface area contributed by atoms with Crippen molar-refractivity contribution in [3.63, 3.8) is 0 Å². The van der Waals surface area contributed by atoms with Crippen LogP contribution in [0.25, 0.3) is 0 Å². The van der Waals surface area contributed by atoms with Crippen molar-refractivity contribution in [3.8, 4) is 0 Å². The third-order valence-electron chi connectivity index (χ3n) is 4.15. The smallest absolute Gasteiger partial charge is 0.140 e. The van der Waals surface area contributed by atoms with Gasteiger partial charge in [-0.3, -0.25) is 4.90 Å². The summed E-state index contributed by atoms with van der Waals surface area (Å²) in [6, 6.07) is 0.780. The normalized spacial score (nSPS) is 22.5. The first-order chi connectivity index (χ1) is 8.29. The van der Waals surface area contributed by atoms with Crippen LogP contribution < -0.4 is 5.73 Å². The van der Waals surface area contributed by atoms with Crippen molar-refractivity contribution in [1.29, 1.82) is 0 Å². The molecule has 2 aliphatic carbocycles. The molecule has 0 saturated heterocycles. The van der Waals surface area contributed by atoms with Gasteiger partial charge in [0, 0.05) is 19.0 Å². The standard InChI is InChI=1S/C13H25N3O/c14-13(15-17)8-10-16(12-5-6-12)9-7-11-3-1-2-4-11/h11-12,17H,1-10H2,(H2,14,15). The van der Waals surface area contributed by atoms with Gasteiger partial charge >= 0.3 is 0 Å². The zero-order valence-electron chi connectivity index (χ0n) is 10.6. The number of amidine groups is 1. The highest BCUT2D eigenvalue weighted by Crippen LogP contribution is 2.31. The van der Waals surface area contributed by atoms with Crippen molar-refractivity contribution >= 4 is 5.84 Å². The predicted molar refractivity (Wildman–Crippen MR) is 69.2 cm³/mol. The molecule has 0 aromatic heterocycles. The number of hydrogen-bond acceptors (Lipinski definition) is 3. The van der Waals surface area contributed by atoms with Gasteiger partial charge in [-0.05, 0) is 31.7 Å². The van der Waals surface area contributed by atoms with Gasteiger partial charge in [-0.2, -0.15) is 0 Å². The van der Waals surface area contributed by atoms with Gasteiger partial charge in [-0.1, -0.05) is 30.8 Å². The number of nitrogens with zero attached hydrogens (tertiary/aromatic N) is 2. The molecular weight excluding hydrogens is 214 g/mol. The van der Waals surface area contributed by atoms with Crippen molar-refractivity contribution in [2.45, 2.75) is 57.4 Å². The van der Waals surface area contributed by atoms with Crippen molar-refractivity contribution in [2.75, 3.05) is 13.1 Å².